The zero-order valence-electron chi connectivity index (χ0n) is 16.7. The van der Waals surface area contributed by atoms with Gasteiger partial charge >= 0.3 is 12.4 Å². The summed E-state index contributed by atoms with van der Waals surface area (Å²) >= 11 is 6.41. The van der Waals surface area contributed by atoms with Crippen molar-refractivity contribution in [1.82, 2.24) is 9.97 Å². The van der Waals surface area contributed by atoms with Gasteiger partial charge in [0.25, 0.3) is 5.72 Å². The van der Waals surface area contributed by atoms with Gasteiger partial charge in [0, 0.05) is 14.5 Å². The number of aromatic nitrogens is 2. The highest BCUT2D eigenvalue weighted by Gasteiger charge is 2.63. The summed E-state index contributed by atoms with van der Waals surface area (Å²) in [6.45, 7) is 0. The Morgan fingerprint density at radius 2 is 1.35 bits per heavy atom. The van der Waals surface area contributed by atoms with E-state index in [9.17, 15) is 31.4 Å². The summed E-state index contributed by atoms with van der Waals surface area (Å²) in [6, 6.07) is 12.6. The van der Waals surface area contributed by atoms with Crippen molar-refractivity contribution in [1.29, 1.82) is 0 Å². The fourth-order valence-electron chi connectivity index (χ4n) is 3.22. The van der Waals surface area contributed by atoms with E-state index < -0.39 is 36.1 Å². The maximum absolute atomic E-state index is 14.0. The van der Waals surface area contributed by atoms with Crippen LogP contribution in [0, 0.1) is 0 Å². The normalized spacial score (nSPS) is 18.9. The lowest BCUT2D eigenvalue weighted by Gasteiger charge is -2.32. The molecular weight excluding hydrogens is 598 g/mol. The largest absolute Gasteiger partial charge is 0.438 e. The van der Waals surface area contributed by atoms with Crippen LogP contribution in [0.3, 0.4) is 0 Å². The first kappa shape index (κ1) is 24.6. The molecule has 34 heavy (non-hydrogen) atoms. The first-order valence-corrected chi connectivity index (χ1v) is 11.0. The molecule has 1 atom stereocenters. The summed E-state index contributed by atoms with van der Waals surface area (Å²) in [4.78, 5) is 7.19. The second-order valence-corrected chi connectivity index (χ2v) is 9.13. The van der Waals surface area contributed by atoms with Crippen LogP contribution in [0.15, 0.2) is 68.6 Å². The van der Waals surface area contributed by atoms with Gasteiger partial charge in [0.05, 0.1) is 17.8 Å². The van der Waals surface area contributed by atoms with Crippen molar-refractivity contribution < 1.29 is 31.4 Å². The predicted octanol–water partition coefficient (Wildman–Crippen LogP) is 6.55. The molecule has 3 aromatic rings. The van der Waals surface area contributed by atoms with E-state index in [1.54, 1.807) is 12.1 Å². The fourth-order valence-corrected chi connectivity index (χ4v) is 3.75. The Morgan fingerprint density at radius 1 is 0.824 bits per heavy atom. The smallest absolute Gasteiger partial charge is 0.362 e. The molecule has 1 N–H and O–H groups in total. The standard InChI is InChI=1S/C21H12Br2F6N4O/c22-13-5-1-11(2-6-13)15-9-17(20(24,25)26)31-18(30-15)33-19(34,21(27,28)29)10-16(32-33)12-3-7-14(23)8-4-12/h1-9,34H,10H2. The number of rotatable bonds is 3. The highest BCUT2D eigenvalue weighted by atomic mass is 79.9. The molecule has 5 nitrogen and oxygen atoms in total. The average molecular weight is 610 g/mol. The lowest BCUT2D eigenvalue weighted by Crippen LogP contribution is -2.55. The number of hydrogen-bond donors (Lipinski definition) is 1. The van der Waals surface area contributed by atoms with Crippen molar-refractivity contribution in [2.75, 3.05) is 5.01 Å². The quantitative estimate of drug-likeness (QED) is 0.342. The predicted molar refractivity (Wildman–Crippen MR) is 119 cm³/mol. The van der Waals surface area contributed by atoms with Crippen LogP contribution in [0.2, 0.25) is 0 Å². The Balaban J connectivity index is 1.90. The van der Waals surface area contributed by atoms with E-state index in [1.807, 2.05) is 0 Å². The average Bonchev–Trinajstić information content (AvgIpc) is 3.13. The third kappa shape index (κ3) is 4.68. The molecule has 178 valence electrons. The number of nitrogens with zero attached hydrogens (tertiary/aromatic N) is 4. The number of anilines is 1. The van der Waals surface area contributed by atoms with Crippen LogP contribution in [0.1, 0.15) is 17.7 Å². The SMILES string of the molecule is OC1(C(F)(F)F)CC(c2ccc(Br)cc2)=NN1c1nc(-c2ccc(Br)cc2)cc(C(F)(F)F)n1. The minimum absolute atomic E-state index is 0.00196. The van der Waals surface area contributed by atoms with Gasteiger partial charge in [-0.3, -0.25) is 0 Å². The van der Waals surface area contributed by atoms with Crippen LogP contribution in [-0.2, 0) is 6.18 Å². The van der Waals surface area contributed by atoms with Crippen LogP contribution in [-0.4, -0.2) is 32.7 Å². The molecule has 0 amide bonds. The molecule has 0 saturated heterocycles. The van der Waals surface area contributed by atoms with Gasteiger partial charge in [0.2, 0.25) is 5.95 Å². The molecule has 0 radical (unpaired) electrons. The molecular formula is C21H12Br2F6N4O. The molecule has 2 aromatic carbocycles. The molecule has 0 saturated carbocycles. The van der Waals surface area contributed by atoms with Crippen molar-refractivity contribution >= 4 is 43.5 Å². The Labute approximate surface area is 205 Å². The molecule has 0 spiro atoms. The molecule has 1 aliphatic rings. The van der Waals surface area contributed by atoms with Gasteiger partial charge in [-0.1, -0.05) is 56.1 Å². The van der Waals surface area contributed by atoms with Crippen molar-refractivity contribution in [3.8, 4) is 11.3 Å². The molecule has 0 bridgehead atoms. The molecule has 2 heterocycles. The van der Waals surface area contributed by atoms with E-state index in [1.165, 1.54) is 36.4 Å². The summed E-state index contributed by atoms with van der Waals surface area (Å²) in [5, 5.41) is 14.4. The van der Waals surface area contributed by atoms with Gasteiger partial charge in [-0.2, -0.15) is 36.5 Å². The second kappa shape index (κ2) is 8.61. The van der Waals surface area contributed by atoms with Crippen molar-refractivity contribution in [2.24, 2.45) is 5.10 Å². The van der Waals surface area contributed by atoms with Crippen LogP contribution in [0.4, 0.5) is 32.3 Å². The van der Waals surface area contributed by atoms with Crippen LogP contribution >= 0.6 is 31.9 Å². The number of benzene rings is 2. The van der Waals surface area contributed by atoms with Crippen LogP contribution in [0.5, 0.6) is 0 Å². The van der Waals surface area contributed by atoms with Gasteiger partial charge in [0.15, 0.2) is 5.69 Å². The Hall–Kier alpha value is -2.51. The summed E-state index contributed by atoms with van der Waals surface area (Å²) < 4.78 is 84.0. The van der Waals surface area contributed by atoms with Crippen LogP contribution in [0.25, 0.3) is 11.3 Å². The maximum atomic E-state index is 14.0. The Kier molecular flexibility index (Phi) is 6.23. The fraction of sp³-hybridized carbons (Fsp3) is 0.190. The second-order valence-electron chi connectivity index (χ2n) is 7.30. The van der Waals surface area contributed by atoms with Crippen molar-refractivity contribution in [3.05, 3.63) is 74.8 Å². The highest BCUT2D eigenvalue weighted by molar-refractivity contribution is 9.10. The molecule has 0 aliphatic carbocycles. The van der Waals surface area contributed by atoms with E-state index in [0.29, 0.717) is 15.0 Å². The van der Waals surface area contributed by atoms with Crippen molar-refractivity contribution in [3.63, 3.8) is 0 Å². The van der Waals surface area contributed by atoms with Gasteiger partial charge < -0.3 is 5.11 Å². The summed E-state index contributed by atoms with van der Waals surface area (Å²) in [7, 11) is 0. The topological polar surface area (TPSA) is 61.6 Å². The summed E-state index contributed by atoms with van der Waals surface area (Å²) in [5.41, 5.74) is -5.18. The molecule has 1 aliphatic heterocycles. The molecule has 1 unspecified atom stereocenters. The molecule has 1 aromatic heterocycles. The monoisotopic (exact) mass is 608 g/mol. The maximum Gasteiger partial charge on any atom is 0.438 e. The highest BCUT2D eigenvalue weighted by Crippen LogP contribution is 2.44. The lowest BCUT2D eigenvalue weighted by atomic mass is 10.0. The minimum atomic E-state index is -5.29. The number of hydrogen-bond acceptors (Lipinski definition) is 5. The first-order chi connectivity index (χ1) is 15.8. The summed E-state index contributed by atoms with van der Waals surface area (Å²) in [6.07, 6.45) is -11.3. The third-order valence-electron chi connectivity index (χ3n) is 4.95. The van der Waals surface area contributed by atoms with E-state index in [0.717, 1.165) is 0 Å². The number of halogens is 8. The van der Waals surface area contributed by atoms with Gasteiger partial charge in [0.1, 0.15) is 0 Å². The Morgan fingerprint density at radius 3 is 1.85 bits per heavy atom. The van der Waals surface area contributed by atoms with Gasteiger partial charge in [-0.15, -0.1) is 0 Å². The third-order valence-corrected chi connectivity index (χ3v) is 6.01. The van der Waals surface area contributed by atoms with Gasteiger partial charge in [-0.25, -0.2) is 9.97 Å². The number of hydrazone groups is 1. The van der Waals surface area contributed by atoms with E-state index in [2.05, 4.69) is 46.9 Å². The molecule has 4 rings (SSSR count). The van der Waals surface area contributed by atoms with Crippen molar-refractivity contribution in [2.45, 2.75) is 24.5 Å². The summed E-state index contributed by atoms with van der Waals surface area (Å²) in [5.74, 6) is -1.04. The number of aliphatic hydroxyl groups is 1. The Bertz CT molecular complexity index is 1250. The van der Waals surface area contributed by atoms with E-state index in [-0.39, 0.29) is 27.5 Å². The van der Waals surface area contributed by atoms with Gasteiger partial charge in [-0.05, 0) is 35.9 Å². The zero-order chi connectivity index (χ0) is 24.9. The lowest BCUT2D eigenvalue weighted by molar-refractivity contribution is -0.254. The minimum Gasteiger partial charge on any atom is -0.362 e. The van der Waals surface area contributed by atoms with Crippen LogP contribution < -0.4 is 5.01 Å². The first-order valence-electron chi connectivity index (χ1n) is 9.43. The van der Waals surface area contributed by atoms with E-state index in [4.69, 9.17) is 0 Å². The van der Waals surface area contributed by atoms with E-state index >= 15 is 0 Å². The molecule has 13 heteroatoms. The zero-order valence-corrected chi connectivity index (χ0v) is 19.8. The molecule has 0 fully saturated rings. The number of alkyl halides is 6.